The molecule has 0 unspecified atom stereocenters. The van der Waals surface area contributed by atoms with Crippen molar-refractivity contribution in [1.82, 2.24) is 10.2 Å². The Morgan fingerprint density at radius 2 is 2.27 bits per heavy atom. The number of rotatable bonds is 1. The standard InChI is InChI=1S/C17H11ClFN5O2/c18-11-6-13(12(19)4-9(11)7-20)21-17(26)24-10-1-2-14(24)16-8(3-10)5-15(25)22-23-16/h4-6,10H,1-3H2,(H,21,26)/p+1/t10-/m0/s1. The number of aromatic amines is 1. The van der Waals surface area contributed by atoms with E-state index in [2.05, 4.69) is 15.5 Å². The van der Waals surface area contributed by atoms with Crippen molar-refractivity contribution in [2.45, 2.75) is 25.3 Å². The quantitative estimate of drug-likeness (QED) is 0.749. The third-order valence-corrected chi connectivity index (χ3v) is 4.94. The number of aromatic nitrogens is 2. The number of carbonyl (C=O) groups excluding carboxylic acids is 1. The summed E-state index contributed by atoms with van der Waals surface area (Å²) in [4.78, 5) is 24.2. The van der Waals surface area contributed by atoms with Gasteiger partial charge in [0.15, 0.2) is 11.5 Å². The second-order valence-electron chi connectivity index (χ2n) is 6.17. The fraction of sp³-hybridized carbons (Fsp3) is 0.235. The van der Waals surface area contributed by atoms with E-state index in [9.17, 15) is 14.0 Å². The molecule has 1 aromatic carbocycles. The molecule has 0 spiro atoms. The molecule has 2 N–H and O–H groups in total. The molecule has 0 saturated carbocycles. The smallest absolute Gasteiger partial charge is 0.268 e. The first-order valence-corrected chi connectivity index (χ1v) is 8.30. The van der Waals surface area contributed by atoms with Gasteiger partial charge in [0.05, 0.1) is 10.6 Å². The Hall–Kier alpha value is -3.05. The van der Waals surface area contributed by atoms with Gasteiger partial charge in [-0.1, -0.05) is 11.6 Å². The summed E-state index contributed by atoms with van der Waals surface area (Å²) in [5.74, 6) is -0.739. The summed E-state index contributed by atoms with van der Waals surface area (Å²) in [6.45, 7) is 0. The zero-order valence-corrected chi connectivity index (χ0v) is 14.1. The number of amides is 2. The number of H-pyrrole nitrogens is 1. The minimum absolute atomic E-state index is 0.00309. The highest BCUT2D eigenvalue weighted by Gasteiger charge is 2.42. The number of urea groups is 1. The second-order valence-corrected chi connectivity index (χ2v) is 6.58. The minimum Gasteiger partial charge on any atom is -0.268 e. The van der Waals surface area contributed by atoms with E-state index in [0.29, 0.717) is 24.2 Å². The number of benzene rings is 1. The van der Waals surface area contributed by atoms with Gasteiger partial charge in [-0.05, 0) is 18.1 Å². The van der Waals surface area contributed by atoms with Crippen LogP contribution in [0.5, 0.6) is 0 Å². The van der Waals surface area contributed by atoms with Gasteiger partial charge in [0.2, 0.25) is 0 Å². The Labute approximate surface area is 151 Å². The number of anilines is 1. The monoisotopic (exact) mass is 372 g/mol. The molecular formula is C17H12ClFN5O2+. The average Bonchev–Trinajstić information content (AvgIpc) is 2.93. The van der Waals surface area contributed by atoms with Crippen molar-refractivity contribution >= 4 is 29.0 Å². The SMILES string of the molecule is N#Cc1cc(F)c(NC(=O)[N+]2=C3CC[C@H]2Cc2cc(=O)[nH]nc23)cc1Cl. The molecule has 130 valence electrons. The molecule has 0 saturated heterocycles. The Balaban J connectivity index is 1.70. The largest absolute Gasteiger partial charge is 0.496 e. The lowest BCUT2D eigenvalue weighted by Crippen LogP contribution is -2.40. The normalized spacial score (nSPS) is 17.7. The van der Waals surface area contributed by atoms with Crippen LogP contribution in [0.1, 0.15) is 29.7 Å². The maximum absolute atomic E-state index is 14.1. The predicted octanol–water partition coefficient (Wildman–Crippen LogP) is 2.19. The summed E-state index contributed by atoms with van der Waals surface area (Å²) < 4.78 is 15.7. The van der Waals surface area contributed by atoms with Crippen LogP contribution in [0.4, 0.5) is 14.9 Å². The van der Waals surface area contributed by atoms with E-state index in [1.807, 2.05) is 0 Å². The molecule has 7 nitrogen and oxygen atoms in total. The highest BCUT2D eigenvalue weighted by Crippen LogP contribution is 2.29. The van der Waals surface area contributed by atoms with Crippen LogP contribution in [-0.4, -0.2) is 32.6 Å². The Kier molecular flexibility index (Phi) is 3.81. The van der Waals surface area contributed by atoms with Crippen LogP contribution in [0.25, 0.3) is 0 Å². The maximum atomic E-state index is 14.1. The molecule has 0 radical (unpaired) electrons. The third kappa shape index (κ3) is 2.57. The van der Waals surface area contributed by atoms with E-state index in [0.717, 1.165) is 18.1 Å². The van der Waals surface area contributed by atoms with Gasteiger partial charge in [0.1, 0.15) is 23.5 Å². The zero-order valence-electron chi connectivity index (χ0n) is 13.3. The van der Waals surface area contributed by atoms with Crippen molar-refractivity contribution in [1.29, 1.82) is 5.26 Å². The average molecular weight is 373 g/mol. The molecule has 0 aliphatic carbocycles. The van der Waals surface area contributed by atoms with E-state index in [4.69, 9.17) is 16.9 Å². The van der Waals surface area contributed by atoms with Gasteiger partial charge in [-0.3, -0.25) is 4.79 Å². The molecule has 2 bridgehead atoms. The molecule has 2 aromatic rings. The van der Waals surface area contributed by atoms with E-state index in [1.165, 1.54) is 12.1 Å². The van der Waals surface area contributed by atoms with Crippen molar-refractivity contribution in [3.8, 4) is 6.07 Å². The molecule has 2 amide bonds. The first kappa shape index (κ1) is 16.4. The first-order chi connectivity index (χ1) is 12.5. The van der Waals surface area contributed by atoms with Crippen molar-refractivity contribution in [3.63, 3.8) is 0 Å². The van der Waals surface area contributed by atoms with Gasteiger partial charge in [0.25, 0.3) is 5.56 Å². The van der Waals surface area contributed by atoms with Crippen molar-refractivity contribution in [2.75, 3.05) is 5.32 Å². The summed E-state index contributed by atoms with van der Waals surface area (Å²) in [6, 6.07) is 4.87. The van der Waals surface area contributed by atoms with Gasteiger partial charge >= 0.3 is 6.03 Å². The molecule has 3 heterocycles. The van der Waals surface area contributed by atoms with Crippen molar-refractivity contribution < 1.29 is 13.8 Å². The van der Waals surface area contributed by atoms with E-state index in [-0.39, 0.29) is 27.9 Å². The summed E-state index contributed by atoms with van der Waals surface area (Å²) in [5.41, 5.74) is 1.71. The van der Waals surface area contributed by atoms with Gasteiger partial charge < -0.3 is 0 Å². The third-order valence-electron chi connectivity index (χ3n) is 4.62. The number of halogens is 2. The summed E-state index contributed by atoms with van der Waals surface area (Å²) in [7, 11) is 0. The van der Waals surface area contributed by atoms with Crippen LogP contribution in [0, 0.1) is 17.1 Å². The number of nitrogens with one attached hydrogen (secondary N) is 2. The predicted molar refractivity (Wildman–Crippen MR) is 91.1 cm³/mol. The van der Waals surface area contributed by atoms with Gasteiger partial charge in [0, 0.05) is 25.0 Å². The van der Waals surface area contributed by atoms with Crippen LogP contribution in [0.15, 0.2) is 23.0 Å². The van der Waals surface area contributed by atoms with Crippen LogP contribution in [0.3, 0.4) is 0 Å². The fourth-order valence-electron chi connectivity index (χ4n) is 3.49. The number of nitrogens with zero attached hydrogens (tertiary/aromatic N) is 3. The van der Waals surface area contributed by atoms with Crippen LogP contribution in [0.2, 0.25) is 5.02 Å². The maximum Gasteiger partial charge on any atom is 0.496 e. The van der Waals surface area contributed by atoms with Crippen molar-refractivity contribution in [2.24, 2.45) is 0 Å². The minimum atomic E-state index is -0.739. The van der Waals surface area contributed by atoms with Gasteiger partial charge in [-0.15, -0.1) is 0 Å². The molecule has 26 heavy (non-hydrogen) atoms. The van der Waals surface area contributed by atoms with Crippen LogP contribution >= 0.6 is 11.6 Å². The topological polar surface area (TPSA) is 102 Å². The zero-order chi connectivity index (χ0) is 18.4. The lowest BCUT2D eigenvalue weighted by Gasteiger charge is -2.18. The molecule has 2 aliphatic rings. The number of fused-ring (bicyclic) bond motifs is 3. The Morgan fingerprint density at radius 1 is 1.46 bits per heavy atom. The molecular weight excluding hydrogens is 361 g/mol. The number of nitriles is 1. The number of hydrogen-bond donors (Lipinski definition) is 2. The molecule has 9 heteroatoms. The number of hydrogen-bond acceptors (Lipinski definition) is 4. The van der Waals surface area contributed by atoms with E-state index >= 15 is 0 Å². The summed E-state index contributed by atoms with van der Waals surface area (Å²) in [6.07, 6.45) is 1.89. The summed E-state index contributed by atoms with van der Waals surface area (Å²) in [5, 5.41) is 17.9. The molecule has 2 aliphatic heterocycles. The second kappa shape index (κ2) is 6.04. The highest BCUT2D eigenvalue weighted by molar-refractivity contribution is 6.32. The van der Waals surface area contributed by atoms with Gasteiger partial charge in [-0.25, -0.2) is 14.8 Å². The van der Waals surface area contributed by atoms with Crippen LogP contribution < -0.4 is 10.9 Å². The Morgan fingerprint density at radius 3 is 3.04 bits per heavy atom. The lowest BCUT2D eigenvalue weighted by molar-refractivity contribution is -0.460. The highest BCUT2D eigenvalue weighted by atomic mass is 35.5. The molecule has 4 rings (SSSR count). The summed E-state index contributed by atoms with van der Waals surface area (Å²) >= 11 is 5.92. The van der Waals surface area contributed by atoms with Crippen LogP contribution in [-0.2, 0) is 6.42 Å². The van der Waals surface area contributed by atoms with Crippen molar-refractivity contribution in [3.05, 3.63) is 56.2 Å². The Bertz CT molecular complexity index is 1090. The number of carbonyl (C=O) groups is 1. The fourth-order valence-corrected chi connectivity index (χ4v) is 3.70. The molecule has 1 atom stereocenters. The van der Waals surface area contributed by atoms with E-state index < -0.39 is 11.8 Å². The lowest BCUT2D eigenvalue weighted by atomic mass is 10.0. The van der Waals surface area contributed by atoms with E-state index in [1.54, 1.807) is 10.6 Å². The molecule has 1 aromatic heterocycles. The van der Waals surface area contributed by atoms with Gasteiger partial charge in [-0.2, -0.15) is 19.7 Å². The molecule has 0 fully saturated rings. The first-order valence-electron chi connectivity index (χ1n) is 7.92.